The molecule has 5 nitrogen and oxygen atoms in total. The van der Waals surface area contributed by atoms with Crippen LogP contribution in [0.3, 0.4) is 0 Å². The molecule has 1 atom stereocenters. The lowest BCUT2D eigenvalue weighted by Gasteiger charge is -2.24. The molecule has 0 spiro atoms. The van der Waals surface area contributed by atoms with Gasteiger partial charge in [-0.3, -0.25) is 0 Å². The lowest BCUT2D eigenvalue weighted by Crippen LogP contribution is -2.20. The number of carbonyl (C=O) groups is 1. The monoisotopic (exact) mass is 250 g/mol. The van der Waals surface area contributed by atoms with Crippen LogP contribution in [0.4, 0.5) is 0 Å². The molecule has 1 unspecified atom stereocenters. The molecular formula is C13H18N2O3. The Balaban J connectivity index is 2.27. The predicted molar refractivity (Wildman–Crippen MR) is 67.2 cm³/mol. The third-order valence-electron chi connectivity index (χ3n) is 3.20. The summed E-state index contributed by atoms with van der Waals surface area (Å²) in [4.78, 5) is 10.6. The molecule has 0 bridgehead atoms. The Morgan fingerprint density at radius 3 is 2.89 bits per heavy atom. The van der Waals surface area contributed by atoms with Crippen LogP contribution in [0.15, 0.2) is 6.08 Å². The first-order chi connectivity index (χ1) is 8.59. The molecule has 0 saturated carbocycles. The van der Waals surface area contributed by atoms with Gasteiger partial charge in [-0.1, -0.05) is 0 Å². The summed E-state index contributed by atoms with van der Waals surface area (Å²) in [6, 6.07) is 0. The molecule has 1 aliphatic rings. The maximum atomic E-state index is 10.6. The molecule has 0 amide bonds. The van der Waals surface area contributed by atoms with Crippen molar-refractivity contribution in [1.82, 2.24) is 9.78 Å². The zero-order valence-corrected chi connectivity index (χ0v) is 10.7. The van der Waals surface area contributed by atoms with E-state index in [0.717, 1.165) is 48.9 Å². The topological polar surface area (TPSA) is 64.4 Å². The van der Waals surface area contributed by atoms with E-state index < -0.39 is 5.97 Å². The van der Waals surface area contributed by atoms with E-state index in [1.165, 1.54) is 0 Å². The molecular weight excluding hydrogens is 232 g/mol. The lowest BCUT2D eigenvalue weighted by atomic mass is 10.1. The van der Waals surface area contributed by atoms with Gasteiger partial charge in [0.1, 0.15) is 6.23 Å². The molecule has 1 aromatic heterocycles. The van der Waals surface area contributed by atoms with Crippen molar-refractivity contribution in [2.24, 2.45) is 0 Å². The highest BCUT2D eigenvalue weighted by Crippen LogP contribution is 2.26. The summed E-state index contributed by atoms with van der Waals surface area (Å²) < 4.78 is 7.57. The molecule has 2 heterocycles. The van der Waals surface area contributed by atoms with Crippen molar-refractivity contribution in [2.75, 3.05) is 6.61 Å². The number of carboxylic acids is 1. The number of aliphatic carboxylic acids is 1. The van der Waals surface area contributed by atoms with Gasteiger partial charge in [-0.25, -0.2) is 9.48 Å². The minimum atomic E-state index is -0.949. The number of aromatic nitrogens is 2. The zero-order valence-electron chi connectivity index (χ0n) is 10.7. The summed E-state index contributed by atoms with van der Waals surface area (Å²) in [7, 11) is 0. The number of hydrogen-bond donors (Lipinski definition) is 1. The molecule has 2 rings (SSSR count). The number of carboxylic acid groups (broad SMARTS) is 1. The van der Waals surface area contributed by atoms with Crippen LogP contribution in [0.1, 0.15) is 42.4 Å². The number of rotatable bonds is 3. The van der Waals surface area contributed by atoms with Gasteiger partial charge in [-0.05, 0) is 39.2 Å². The molecule has 1 N–H and O–H groups in total. The van der Waals surface area contributed by atoms with Crippen LogP contribution in [0.5, 0.6) is 0 Å². The zero-order chi connectivity index (χ0) is 13.1. The van der Waals surface area contributed by atoms with E-state index in [0.29, 0.717) is 0 Å². The van der Waals surface area contributed by atoms with Crippen molar-refractivity contribution in [2.45, 2.75) is 39.3 Å². The number of hydrogen-bond acceptors (Lipinski definition) is 3. The van der Waals surface area contributed by atoms with Crippen LogP contribution in [-0.2, 0) is 9.53 Å². The van der Waals surface area contributed by atoms with Gasteiger partial charge in [0.15, 0.2) is 0 Å². The SMILES string of the molecule is Cc1nn(C2CCCCO2)c(C)c1/C=C/C(=O)O. The third-order valence-corrected chi connectivity index (χ3v) is 3.20. The summed E-state index contributed by atoms with van der Waals surface area (Å²) in [5.74, 6) is -0.949. The Labute approximate surface area is 106 Å². The van der Waals surface area contributed by atoms with Crippen LogP contribution in [0, 0.1) is 13.8 Å². The van der Waals surface area contributed by atoms with E-state index in [4.69, 9.17) is 9.84 Å². The maximum Gasteiger partial charge on any atom is 0.328 e. The Hall–Kier alpha value is -1.62. The molecule has 18 heavy (non-hydrogen) atoms. The average Bonchev–Trinajstić information content (AvgIpc) is 2.63. The van der Waals surface area contributed by atoms with Crippen molar-refractivity contribution >= 4 is 12.0 Å². The van der Waals surface area contributed by atoms with Crippen molar-refractivity contribution in [3.63, 3.8) is 0 Å². The molecule has 1 aromatic rings. The molecule has 5 heteroatoms. The second-order valence-electron chi connectivity index (χ2n) is 4.52. The highest BCUT2D eigenvalue weighted by atomic mass is 16.5. The largest absolute Gasteiger partial charge is 0.478 e. The van der Waals surface area contributed by atoms with Crippen LogP contribution in [0.25, 0.3) is 6.08 Å². The normalized spacial score (nSPS) is 20.4. The Morgan fingerprint density at radius 2 is 2.28 bits per heavy atom. The minimum Gasteiger partial charge on any atom is -0.478 e. The standard InChI is InChI=1S/C13H18N2O3/c1-9-11(6-7-13(16)17)10(2)15(14-9)12-5-3-4-8-18-12/h6-7,12H,3-5,8H2,1-2H3,(H,16,17)/b7-6+. The molecule has 98 valence electrons. The number of nitrogens with zero attached hydrogens (tertiary/aromatic N) is 2. The van der Waals surface area contributed by atoms with E-state index >= 15 is 0 Å². The third kappa shape index (κ3) is 2.61. The molecule has 0 aromatic carbocycles. The summed E-state index contributed by atoms with van der Waals surface area (Å²) in [6.45, 7) is 4.59. The van der Waals surface area contributed by atoms with Gasteiger partial charge in [0.2, 0.25) is 0 Å². The molecule has 0 aliphatic carbocycles. The summed E-state index contributed by atoms with van der Waals surface area (Å²) >= 11 is 0. The van der Waals surface area contributed by atoms with E-state index in [1.807, 2.05) is 18.5 Å². The highest BCUT2D eigenvalue weighted by molar-refractivity contribution is 5.85. The maximum absolute atomic E-state index is 10.6. The molecule has 0 radical (unpaired) electrons. The van der Waals surface area contributed by atoms with Crippen molar-refractivity contribution in [3.05, 3.63) is 23.0 Å². The molecule has 1 saturated heterocycles. The summed E-state index contributed by atoms with van der Waals surface area (Å²) in [5, 5.41) is 13.1. The van der Waals surface area contributed by atoms with Crippen LogP contribution < -0.4 is 0 Å². The Morgan fingerprint density at radius 1 is 1.50 bits per heavy atom. The van der Waals surface area contributed by atoms with Gasteiger partial charge in [-0.15, -0.1) is 0 Å². The van der Waals surface area contributed by atoms with Gasteiger partial charge in [0.25, 0.3) is 0 Å². The molecule has 1 fully saturated rings. The van der Waals surface area contributed by atoms with Gasteiger partial charge in [0, 0.05) is 23.9 Å². The van der Waals surface area contributed by atoms with Gasteiger partial charge in [-0.2, -0.15) is 5.10 Å². The van der Waals surface area contributed by atoms with Gasteiger partial charge >= 0.3 is 5.97 Å². The average molecular weight is 250 g/mol. The molecule has 1 aliphatic heterocycles. The van der Waals surface area contributed by atoms with Crippen molar-refractivity contribution in [3.8, 4) is 0 Å². The minimum absolute atomic E-state index is 0.00979. The Kier molecular flexibility index (Phi) is 3.81. The van der Waals surface area contributed by atoms with Gasteiger partial charge < -0.3 is 9.84 Å². The van der Waals surface area contributed by atoms with Crippen LogP contribution in [0.2, 0.25) is 0 Å². The van der Waals surface area contributed by atoms with E-state index in [9.17, 15) is 4.79 Å². The summed E-state index contributed by atoms with van der Waals surface area (Å²) in [6.07, 6.45) is 5.93. The first-order valence-electron chi connectivity index (χ1n) is 6.18. The fourth-order valence-electron chi connectivity index (χ4n) is 2.27. The quantitative estimate of drug-likeness (QED) is 0.836. The van der Waals surface area contributed by atoms with Crippen molar-refractivity contribution in [1.29, 1.82) is 0 Å². The number of aryl methyl sites for hydroxylation is 1. The highest BCUT2D eigenvalue weighted by Gasteiger charge is 2.20. The second-order valence-corrected chi connectivity index (χ2v) is 4.52. The number of ether oxygens (including phenoxy) is 1. The smallest absolute Gasteiger partial charge is 0.328 e. The summed E-state index contributed by atoms with van der Waals surface area (Å²) in [5.41, 5.74) is 2.66. The van der Waals surface area contributed by atoms with Crippen LogP contribution >= 0.6 is 0 Å². The fraction of sp³-hybridized carbons (Fsp3) is 0.538. The Bertz CT molecular complexity index is 471. The predicted octanol–water partition coefficient (Wildman–Crippen LogP) is 2.30. The second kappa shape index (κ2) is 5.35. The van der Waals surface area contributed by atoms with E-state index in [2.05, 4.69) is 5.10 Å². The first-order valence-corrected chi connectivity index (χ1v) is 6.18. The fourth-order valence-corrected chi connectivity index (χ4v) is 2.27. The lowest BCUT2D eigenvalue weighted by molar-refractivity contribution is -0.131. The van der Waals surface area contributed by atoms with Gasteiger partial charge in [0.05, 0.1) is 5.69 Å². The van der Waals surface area contributed by atoms with E-state index in [-0.39, 0.29) is 6.23 Å². The first kappa shape index (κ1) is 12.8. The van der Waals surface area contributed by atoms with Crippen molar-refractivity contribution < 1.29 is 14.6 Å². The van der Waals surface area contributed by atoms with E-state index in [1.54, 1.807) is 6.08 Å². The van der Waals surface area contributed by atoms with Crippen LogP contribution in [-0.4, -0.2) is 27.5 Å².